The molecule has 0 saturated heterocycles. The number of nitrogens with zero attached hydrogens (tertiary/aromatic N) is 1. The minimum atomic E-state index is -0.839. The van der Waals surface area contributed by atoms with E-state index in [1.165, 1.54) is 6.92 Å². The molecule has 0 aliphatic carbocycles. The molecule has 0 bridgehead atoms. The van der Waals surface area contributed by atoms with Gasteiger partial charge in [-0.15, -0.1) is 0 Å². The SMILES string of the molecule is Cc1cc(NC(=O)C(C)NC(=O)C(NC(=O)OC(C)(C)C)C(C)C)no1. The lowest BCUT2D eigenvalue weighted by molar-refractivity contribution is -0.128. The van der Waals surface area contributed by atoms with Gasteiger partial charge in [-0.1, -0.05) is 19.0 Å². The van der Waals surface area contributed by atoms with Crippen LogP contribution in [0.4, 0.5) is 10.6 Å². The first-order chi connectivity index (χ1) is 11.9. The second-order valence-electron chi connectivity index (χ2n) is 7.41. The molecule has 0 saturated carbocycles. The van der Waals surface area contributed by atoms with Gasteiger partial charge in [0.1, 0.15) is 23.4 Å². The van der Waals surface area contributed by atoms with E-state index in [9.17, 15) is 14.4 Å². The predicted molar refractivity (Wildman–Crippen MR) is 95.5 cm³/mol. The summed E-state index contributed by atoms with van der Waals surface area (Å²) in [4.78, 5) is 36.5. The zero-order chi connectivity index (χ0) is 20.1. The highest BCUT2D eigenvalue weighted by atomic mass is 16.6. The van der Waals surface area contributed by atoms with Crippen molar-refractivity contribution in [3.8, 4) is 0 Å². The molecule has 1 rings (SSSR count). The molecule has 2 unspecified atom stereocenters. The van der Waals surface area contributed by atoms with Crippen LogP contribution in [0.1, 0.15) is 47.3 Å². The molecule has 0 aliphatic heterocycles. The second kappa shape index (κ2) is 8.68. The summed E-state index contributed by atoms with van der Waals surface area (Å²) in [7, 11) is 0. The molecular weight excluding hydrogens is 340 g/mol. The van der Waals surface area contributed by atoms with Crippen molar-refractivity contribution >= 4 is 23.7 Å². The molecule has 1 heterocycles. The van der Waals surface area contributed by atoms with E-state index >= 15 is 0 Å². The van der Waals surface area contributed by atoms with E-state index in [2.05, 4.69) is 21.1 Å². The molecule has 3 N–H and O–H groups in total. The number of carbonyl (C=O) groups is 3. The number of hydrogen-bond acceptors (Lipinski definition) is 6. The maximum Gasteiger partial charge on any atom is 0.408 e. The van der Waals surface area contributed by atoms with Crippen LogP contribution in [0, 0.1) is 12.8 Å². The van der Waals surface area contributed by atoms with Crippen molar-refractivity contribution in [1.29, 1.82) is 0 Å². The summed E-state index contributed by atoms with van der Waals surface area (Å²) in [6, 6.07) is -0.108. The van der Waals surface area contributed by atoms with Crippen molar-refractivity contribution in [1.82, 2.24) is 15.8 Å². The standard InChI is InChI=1S/C17H28N4O5/c1-9(2)13(20-16(24)25-17(5,6)7)15(23)18-11(4)14(22)19-12-8-10(3)26-21-12/h8-9,11,13H,1-7H3,(H,18,23)(H,20,24)(H,19,21,22). The van der Waals surface area contributed by atoms with Crippen LogP contribution in [0.3, 0.4) is 0 Å². The normalized spacial score (nSPS) is 13.7. The number of aryl methyl sites for hydroxylation is 1. The van der Waals surface area contributed by atoms with Crippen LogP contribution >= 0.6 is 0 Å². The summed E-state index contributed by atoms with van der Waals surface area (Å²) in [5.41, 5.74) is -0.676. The molecule has 1 aromatic heterocycles. The number of nitrogens with one attached hydrogen (secondary N) is 3. The van der Waals surface area contributed by atoms with Gasteiger partial charge in [0, 0.05) is 6.07 Å². The Morgan fingerprint density at radius 2 is 1.73 bits per heavy atom. The molecule has 0 fully saturated rings. The Bertz CT molecular complexity index is 648. The van der Waals surface area contributed by atoms with Gasteiger partial charge in [-0.3, -0.25) is 9.59 Å². The average molecular weight is 368 g/mol. The summed E-state index contributed by atoms with van der Waals surface area (Å²) in [6.07, 6.45) is -0.693. The minimum absolute atomic E-state index is 0.198. The molecule has 0 aromatic carbocycles. The van der Waals surface area contributed by atoms with Crippen LogP contribution in [0.25, 0.3) is 0 Å². The van der Waals surface area contributed by atoms with E-state index in [1.807, 2.05) is 0 Å². The van der Waals surface area contributed by atoms with Crippen molar-refractivity contribution in [3.63, 3.8) is 0 Å². The molecule has 9 nitrogen and oxygen atoms in total. The first kappa shape index (κ1) is 21.5. The second-order valence-corrected chi connectivity index (χ2v) is 7.41. The van der Waals surface area contributed by atoms with Gasteiger partial charge in [0.2, 0.25) is 11.8 Å². The molecule has 0 aliphatic rings. The smallest absolute Gasteiger partial charge is 0.408 e. The van der Waals surface area contributed by atoms with E-state index in [4.69, 9.17) is 9.26 Å². The van der Waals surface area contributed by atoms with Crippen molar-refractivity contribution in [2.45, 2.75) is 66.2 Å². The van der Waals surface area contributed by atoms with Gasteiger partial charge in [-0.25, -0.2) is 4.79 Å². The summed E-state index contributed by atoms with van der Waals surface area (Å²) in [5, 5.41) is 11.3. The molecule has 9 heteroatoms. The summed E-state index contributed by atoms with van der Waals surface area (Å²) in [5.74, 6) is -0.313. The molecular formula is C17H28N4O5. The van der Waals surface area contributed by atoms with Gasteiger partial charge in [-0.2, -0.15) is 0 Å². The average Bonchev–Trinajstić information content (AvgIpc) is 2.87. The van der Waals surface area contributed by atoms with Gasteiger partial charge < -0.3 is 25.2 Å². The Morgan fingerprint density at radius 3 is 2.19 bits per heavy atom. The van der Waals surface area contributed by atoms with Crippen molar-refractivity contribution < 1.29 is 23.6 Å². The molecule has 26 heavy (non-hydrogen) atoms. The first-order valence-electron chi connectivity index (χ1n) is 8.43. The number of aromatic nitrogens is 1. The lowest BCUT2D eigenvalue weighted by atomic mass is 10.0. The van der Waals surface area contributed by atoms with Crippen molar-refractivity contribution in [2.24, 2.45) is 5.92 Å². The fourth-order valence-electron chi connectivity index (χ4n) is 2.00. The van der Waals surface area contributed by atoms with Gasteiger partial charge in [0.05, 0.1) is 0 Å². The molecule has 146 valence electrons. The largest absolute Gasteiger partial charge is 0.444 e. The van der Waals surface area contributed by atoms with Gasteiger partial charge in [-0.05, 0) is 40.5 Å². The number of anilines is 1. The Morgan fingerprint density at radius 1 is 1.12 bits per heavy atom. The minimum Gasteiger partial charge on any atom is -0.444 e. The third kappa shape index (κ3) is 7.12. The molecule has 2 atom stereocenters. The topological polar surface area (TPSA) is 123 Å². The van der Waals surface area contributed by atoms with E-state index < -0.39 is 35.6 Å². The van der Waals surface area contributed by atoms with E-state index in [-0.39, 0.29) is 11.7 Å². The van der Waals surface area contributed by atoms with Gasteiger partial charge in [0.25, 0.3) is 0 Å². The van der Waals surface area contributed by atoms with E-state index in [0.29, 0.717) is 5.76 Å². The molecule has 1 aromatic rings. The zero-order valence-corrected chi connectivity index (χ0v) is 16.3. The maximum absolute atomic E-state index is 12.5. The van der Waals surface area contributed by atoms with E-state index in [0.717, 1.165) is 0 Å². The van der Waals surface area contributed by atoms with Crippen molar-refractivity contribution in [2.75, 3.05) is 5.32 Å². The van der Waals surface area contributed by atoms with E-state index in [1.54, 1.807) is 47.6 Å². The summed E-state index contributed by atoms with van der Waals surface area (Å²) < 4.78 is 10.0. The quantitative estimate of drug-likeness (QED) is 0.705. The third-order valence-electron chi connectivity index (χ3n) is 3.25. The number of rotatable bonds is 6. The van der Waals surface area contributed by atoms with Gasteiger partial charge >= 0.3 is 6.09 Å². The Hall–Kier alpha value is -2.58. The van der Waals surface area contributed by atoms with Crippen LogP contribution in [0.15, 0.2) is 10.6 Å². The van der Waals surface area contributed by atoms with Gasteiger partial charge in [0.15, 0.2) is 5.82 Å². The number of hydrogen-bond donors (Lipinski definition) is 3. The fourth-order valence-corrected chi connectivity index (χ4v) is 2.00. The Balaban J connectivity index is 2.65. The lowest BCUT2D eigenvalue weighted by Crippen LogP contribution is -2.54. The Labute approximate surface area is 153 Å². The number of ether oxygens (including phenoxy) is 1. The monoisotopic (exact) mass is 368 g/mol. The lowest BCUT2D eigenvalue weighted by Gasteiger charge is -2.26. The maximum atomic E-state index is 12.5. The fraction of sp³-hybridized carbons (Fsp3) is 0.647. The summed E-state index contributed by atoms with van der Waals surface area (Å²) in [6.45, 7) is 12.0. The molecule has 0 radical (unpaired) electrons. The number of alkyl carbamates (subject to hydrolysis) is 1. The molecule has 0 spiro atoms. The van der Waals surface area contributed by atoms with Crippen LogP contribution in [-0.4, -0.2) is 40.7 Å². The highest BCUT2D eigenvalue weighted by molar-refractivity contribution is 5.97. The first-order valence-corrected chi connectivity index (χ1v) is 8.43. The zero-order valence-electron chi connectivity index (χ0n) is 16.3. The molecule has 3 amide bonds. The Kier molecular flexibility index (Phi) is 7.17. The number of amides is 3. The third-order valence-corrected chi connectivity index (χ3v) is 3.25. The predicted octanol–water partition coefficient (Wildman–Crippen LogP) is 1.98. The van der Waals surface area contributed by atoms with Crippen LogP contribution < -0.4 is 16.0 Å². The highest BCUT2D eigenvalue weighted by Gasteiger charge is 2.29. The van der Waals surface area contributed by atoms with Crippen LogP contribution in [0.5, 0.6) is 0 Å². The number of carbonyl (C=O) groups excluding carboxylic acids is 3. The summed E-state index contributed by atoms with van der Waals surface area (Å²) >= 11 is 0. The van der Waals surface area contributed by atoms with Crippen molar-refractivity contribution in [3.05, 3.63) is 11.8 Å². The highest BCUT2D eigenvalue weighted by Crippen LogP contribution is 2.10. The van der Waals surface area contributed by atoms with Crippen LogP contribution in [0.2, 0.25) is 0 Å². The van der Waals surface area contributed by atoms with Crippen LogP contribution in [-0.2, 0) is 14.3 Å².